The number of carbonyl (C=O) groups is 2. The summed E-state index contributed by atoms with van der Waals surface area (Å²) in [5.74, 6) is -0.172. The Balaban J connectivity index is 1.42. The molecule has 3 rings (SSSR count). The molecule has 0 saturated carbocycles. The summed E-state index contributed by atoms with van der Waals surface area (Å²) in [4.78, 5) is 34.4. The predicted octanol–water partition coefficient (Wildman–Crippen LogP) is 4.45. The molecule has 3 aromatic rings. The van der Waals surface area contributed by atoms with Gasteiger partial charge in [0, 0.05) is 34.9 Å². The van der Waals surface area contributed by atoms with Gasteiger partial charge < -0.3 is 10.6 Å². The van der Waals surface area contributed by atoms with Crippen LogP contribution in [0.2, 0.25) is 0 Å². The SMILES string of the molecule is Cc1cc(C)nc(Sc2ccc(NC(=O)CCCNC(=O)c3cccs3)cc2)n1. The zero-order chi connectivity index (χ0) is 20.6. The predicted molar refractivity (Wildman–Crippen MR) is 117 cm³/mol. The number of nitrogens with zero attached hydrogens (tertiary/aromatic N) is 2. The largest absolute Gasteiger partial charge is 0.351 e. The minimum Gasteiger partial charge on any atom is -0.351 e. The molecule has 0 aliphatic heterocycles. The fourth-order valence-electron chi connectivity index (χ4n) is 2.62. The number of carbonyl (C=O) groups excluding carboxylic acids is 2. The number of benzene rings is 1. The lowest BCUT2D eigenvalue weighted by Gasteiger charge is -2.07. The molecular weight excluding hydrogens is 404 g/mol. The lowest BCUT2D eigenvalue weighted by molar-refractivity contribution is -0.116. The fraction of sp³-hybridized carbons (Fsp3) is 0.238. The van der Waals surface area contributed by atoms with Gasteiger partial charge in [0.15, 0.2) is 5.16 Å². The lowest BCUT2D eigenvalue weighted by atomic mass is 10.2. The number of anilines is 1. The molecule has 2 N–H and O–H groups in total. The summed E-state index contributed by atoms with van der Waals surface area (Å²) >= 11 is 2.89. The summed E-state index contributed by atoms with van der Waals surface area (Å²) in [5, 5.41) is 8.27. The highest BCUT2D eigenvalue weighted by atomic mass is 32.2. The van der Waals surface area contributed by atoms with Crippen LogP contribution < -0.4 is 10.6 Å². The Morgan fingerprint density at radius 1 is 1.07 bits per heavy atom. The molecule has 0 aliphatic carbocycles. The number of hydrogen-bond donors (Lipinski definition) is 2. The number of hydrogen-bond acceptors (Lipinski definition) is 6. The molecule has 0 fully saturated rings. The van der Waals surface area contributed by atoms with Crippen LogP contribution in [0.4, 0.5) is 5.69 Å². The molecule has 2 aromatic heterocycles. The van der Waals surface area contributed by atoms with Gasteiger partial charge >= 0.3 is 0 Å². The van der Waals surface area contributed by atoms with Gasteiger partial charge in [-0.05, 0) is 73.8 Å². The van der Waals surface area contributed by atoms with Crippen LogP contribution in [0.3, 0.4) is 0 Å². The molecule has 0 aliphatic rings. The minimum atomic E-state index is -0.0960. The molecule has 0 atom stereocenters. The van der Waals surface area contributed by atoms with Crippen LogP contribution in [0.5, 0.6) is 0 Å². The smallest absolute Gasteiger partial charge is 0.261 e. The van der Waals surface area contributed by atoms with Gasteiger partial charge in [-0.3, -0.25) is 9.59 Å². The number of aromatic nitrogens is 2. The average Bonchev–Trinajstić information content (AvgIpc) is 3.21. The van der Waals surface area contributed by atoms with E-state index in [-0.39, 0.29) is 11.8 Å². The number of rotatable bonds is 8. The van der Waals surface area contributed by atoms with E-state index in [0.717, 1.165) is 22.0 Å². The summed E-state index contributed by atoms with van der Waals surface area (Å²) in [7, 11) is 0. The first-order valence-electron chi connectivity index (χ1n) is 9.21. The molecular formula is C21H22N4O2S2. The molecule has 2 heterocycles. The Bertz CT molecular complexity index is 953. The average molecular weight is 427 g/mol. The van der Waals surface area contributed by atoms with Crippen LogP contribution >= 0.6 is 23.1 Å². The van der Waals surface area contributed by atoms with Crippen molar-refractivity contribution in [3.05, 3.63) is 64.1 Å². The second-order valence-corrected chi connectivity index (χ2v) is 8.43. The topological polar surface area (TPSA) is 84.0 Å². The third kappa shape index (κ3) is 6.69. The molecule has 0 radical (unpaired) electrons. The maximum absolute atomic E-state index is 12.1. The van der Waals surface area contributed by atoms with E-state index in [0.29, 0.717) is 29.4 Å². The van der Waals surface area contributed by atoms with Gasteiger partial charge in [0.05, 0.1) is 4.88 Å². The Kier molecular flexibility index (Phi) is 7.37. The number of amides is 2. The molecule has 8 heteroatoms. The van der Waals surface area contributed by atoms with E-state index >= 15 is 0 Å². The van der Waals surface area contributed by atoms with E-state index in [4.69, 9.17) is 0 Å². The maximum Gasteiger partial charge on any atom is 0.261 e. The first-order chi connectivity index (χ1) is 14.0. The molecule has 0 saturated heterocycles. The molecule has 0 spiro atoms. The monoisotopic (exact) mass is 426 g/mol. The van der Waals surface area contributed by atoms with Crippen molar-refractivity contribution in [1.29, 1.82) is 0 Å². The van der Waals surface area contributed by atoms with Gasteiger partial charge in [0.2, 0.25) is 5.91 Å². The Hall–Kier alpha value is -2.71. The van der Waals surface area contributed by atoms with Crippen LogP contribution in [0.25, 0.3) is 0 Å². The first-order valence-corrected chi connectivity index (χ1v) is 10.9. The van der Waals surface area contributed by atoms with Gasteiger partial charge in [-0.15, -0.1) is 11.3 Å². The van der Waals surface area contributed by atoms with E-state index in [1.807, 2.05) is 55.6 Å². The first kappa shape index (κ1) is 21.0. The van der Waals surface area contributed by atoms with Gasteiger partial charge in [0.1, 0.15) is 0 Å². The van der Waals surface area contributed by atoms with E-state index < -0.39 is 0 Å². The zero-order valence-corrected chi connectivity index (χ0v) is 17.9. The zero-order valence-electron chi connectivity index (χ0n) is 16.3. The van der Waals surface area contributed by atoms with Crippen LogP contribution in [0.15, 0.2) is 57.9 Å². The van der Waals surface area contributed by atoms with E-state index in [2.05, 4.69) is 20.6 Å². The van der Waals surface area contributed by atoms with Gasteiger partial charge in [-0.1, -0.05) is 6.07 Å². The van der Waals surface area contributed by atoms with Crippen molar-refractivity contribution in [1.82, 2.24) is 15.3 Å². The summed E-state index contributed by atoms with van der Waals surface area (Å²) in [6.45, 7) is 4.37. The molecule has 29 heavy (non-hydrogen) atoms. The van der Waals surface area contributed by atoms with Gasteiger partial charge in [-0.2, -0.15) is 0 Å². The van der Waals surface area contributed by atoms with Crippen molar-refractivity contribution in [2.75, 3.05) is 11.9 Å². The molecule has 0 bridgehead atoms. The third-order valence-electron chi connectivity index (χ3n) is 3.92. The second kappa shape index (κ2) is 10.2. The minimum absolute atomic E-state index is 0.0755. The highest BCUT2D eigenvalue weighted by molar-refractivity contribution is 7.99. The normalized spacial score (nSPS) is 10.6. The maximum atomic E-state index is 12.1. The molecule has 2 amide bonds. The number of thiophene rings is 1. The van der Waals surface area contributed by atoms with Crippen molar-refractivity contribution < 1.29 is 9.59 Å². The Morgan fingerprint density at radius 2 is 1.79 bits per heavy atom. The number of nitrogens with one attached hydrogen (secondary N) is 2. The quantitative estimate of drug-likeness (QED) is 0.411. The lowest BCUT2D eigenvalue weighted by Crippen LogP contribution is -2.24. The van der Waals surface area contributed by atoms with Crippen LogP contribution in [0, 0.1) is 13.8 Å². The second-order valence-electron chi connectivity index (χ2n) is 6.44. The summed E-state index contributed by atoms with van der Waals surface area (Å²) in [6, 6.07) is 13.1. The van der Waals surface area contributed by atoms with E-state index in [1.165, 1.54) is 23.1 Å². The van der Waals surface area contributed by atoms with E-state index in [1.54, 1.807) is 6.07 Å². The van der Waals surface area contributed by atoms with Crippen LogP contribution in [-0.2, 0) is 4.79 Å². The van der Waals surface area contributed by atoms with E-state index in [9.17, 15) is 9.59 Å². The standard InChI is InChI=1S/C21H22N4O2S2/c1-14-13-15(2)24-21(23-14)29-17-9-7-16(8-10-17)25-19(26)6-3-11-22-20(27)18-5-4-12-28-18/h4-5,7-10,12-13H,3,6,11H2,1-2H3,(H,22,27)(H,25,26). The summed E-state index contributed by atoms with van der Waals surface area (Å²) in [6.07, 6.45) is 0.929. The van der Waals surface area contributed by atoms with Crippen molar-refractivity contribution in [2.24, 2.45) is 0 Å². The molecule has 6 nitrogen and oxygen atoms in total. The summed E-state index contributed by atoms with van der Waals surface area (Å²) < 4.78 is 0. The van der Waals surface area contributed by atoms with Crippen LogP contribution in [-0.4, -0.2) is 28.3 Å². The Labute approximate surface area is 178 Å². The fourth-order valence-corrected chi connectivity index (χ4v) is 4.12. The van der Waals surface area contributed by atoms with Crippen molar-refractivity contribution in [2.45, 2.75) is 36.7 Å². The molecule has 0 unspecified atom stereocenters. The van der Waals surface area contributed by atoms with Crippen molar-refractivity contribution in [3.8, 4) is 0 Å². The third-order valence-corrected chi connectivity index (χ3v) is 5.66. The number of aryl methyl sites for hydroxylation is 2. The molecule has 150 valence electrons. The van der Waals surface area contributed by atoms with Crippen LogP contribution in [0.1, 0.15) is 33.9 Å². The van der Waals surface area contributed by atoms with Crippen molar-refractivity contribution in [3.63, 3.8) is 0 Å². The highest BCUT2D eigenvalue weighted by Crippen LogP contribution is 2.26. The van der Waals surface area contributed by atoms with Gasteiger partial charge in [-0.25, -0.2) is 9.97 Å². The van der Waals surface area contributed by atoms with Crippen molar-refractivity contribution >= 4 is 40.6 Å². The molecule has 1 aromatic carbocycles. The summed E-state index contributed by atoms with van der Waals surface area (Å²) in [5.41, 5.74) is 2.62. The Morgan fingerprint density at radius 3 is 2.45 bits per heavy atom. The van der Waals surface area contributed by atoms with Gasteiger partial charge in [0.25, 0.3) is 5.91 Å². The highest BCUT2D eigenvalue weighted by Gasteiger charge is 2.07.